The van der Waals surface area contributed by atoms with Crippen molar-refractivity contribution < 1.29 is 4.74 Å². The zero-order chi connectivity index (χ0) is 73.3. The van der Waals surface area contributed by atoms with Crippen LogP contribution < -0.4 is 91.7 Å². The normalized spacial score (nSPS) is 13.5. The summed E-state index contributed by atoms with van der Waals surface area (Å²) >= 11 is 3.87. The van der Waals surface area contributed by atoms with Gasteiger partial charge in [-0.05, 0) is 184 Å². The van der Waals surface area contributed by atoms with Crippen molar-refractivity contribution in [3.05, 3.63) is 352 Å². The maximum absolute atomic E-state index is 7.89. The van der Waals surface area contributed by atoms with Gasteiger partial charge in [-0.3, -0.25) is 0 Å². The van der Waals surface area contributed by atoms with E-state index in [0.717, 1.165) is 125 Å². The summed E-state index contributed by atoms with van der Waals surface area (Å²) in [6, 6.07) is 130. The summed E-state index contributed by atoms with van der Waals surface area (Å²) in [6.45, 7) is -0.579. The third-order valence-electron chi connectivity index (χ3n) is 23.7. The molecule has 0 bridgehead atoms. The fourth-order valence-corrected chi connectivity index (χ4v) is 21.6. The van der Waals surface area contributed by atoms with E-state index in [9.17, 15) is 0 Å². The summed E-state index contributed by atoms with van der Waals surface area (Å²) in [6.07, 6.45) is 0. The van der Waals surface area contributed by atoms with Crippen LogP contribution in [-0.4, -0.2) is 41.3 Å². The number of thiophene rings is 2. The first-order valence-corrected chi connectivity index (χ1v) is 39.7. The lowest BCUT2D eigenvalue weighted by Gasteiger charge is -2.45. The zero-order valence-electron chi connectivity index (χ0n) is 61.0. The van der Waals surface area contributed by atoms with Gasteiger partial charge in [0.15, 0.2) is 0 Å². The fourth-order valence-electron chi connectivity index (χ4n) is 19.0. The summed E-state index contributed by atoms with van der Waals surface area (Å²) in [4.78, 5) is 19.8. The number of fused-ring (bicyclic) bond motifs is 16. The molecule has 0 spiro atoms. The van der Waals surface area contributed by atoms with Crippen LogP contribution in [0.3, 0.4) is 0 Å². The molecule has 0 saturated carbocycles. The molecule has 0 fully saturated rings. The topological polar surface area (TPSA) is 35.2 Å². The Morgan fingerprint density at radius 2 is 0.559 bits per heavy atom. The van der Waals surface area contributed by atoms with E-state index in [4.69, 9.17) is 4.74 Å². The second-order valence-corrected chi connectivity index (χ2v) is 31.8. The molecular weight excluding hydrogens is 1390 g/mol. The van der Waals surface area contributed by atoms with E-state index in [1.807, 2.05) is 22.7 Å². The van der Waals surface area contributed by atoms with Crippen LogP contribution in [0.5, 0.6) is 11.5 Å². The average molecular weight is 1460 g/mol. The first kappa shape index (κ1) is 63.7. The quantitative estimate of drug-likeness (QED) is 0.118. The van der Waals surface area contributed by atoms with Gasteiger partial charge in [0.2, 0.25) is 0 Å². The number of rotatable bonds is 11. The molecule has 0 N–H and O–H groups in total. The third kappa shape index (κ3) is 9.57. The monoisotopic (exact) mass is 1460 g/mol. The molecule has 23 rings (SSSR count). The van der Waals surface area contributed by atoms with Gasteiger partial charge in [0.25, 0.3) is 20.1 Å². The van der Waals surface area contributed by atoms with E-state index in [1.54, 1.807) is 0 Å². The first-order chi connectivity index (χ1) is 54.8. The van der Waals surface area contributed by atoms with E-state index in [2.05, 4.69) is 412 Å². The molecule has 17 aromatic rings. The molecule has 0 atom stereocenters. The highest BCUT2D eigenvalue weighted by Crippen LogP contribution is 2.54. The highest BCUT2D eigenvalue weighted by Gasteiger charge is 2.51. The molecule has 2 aromatic heterocycles. The van der Waals surface area contributed by atoms with E-state index < -0.39 is 0 Å². The van der Waals surface area contributed by atoms with E-state index in [0.29, 0.717) is 0 Å². The second kappa shape index (κ2) is 24.8. The minimum Gasteiger partial charge on any atom is -0.458 e. The average Bonchev–Trinajstić information content (AvgIpc) is 1.64. The number of anilines is 21. The van der Waals surface area contributed by atoms with Gasteiger partial charge in [0.05, 0.1) is 28.4 Å². The van der Waals surface area contributed by atoms with Crippen molar-refractivity contribution in [1.82, 2.24) is 0 Å². The molecule has 8 heterocycles. The molecule has 6 aliphatic rings. The number of para-hydroxylation sites is 8. The molecule has 0 aliphatic carbocycles. The Labute approximate surface area is 654 Å². The van der Waals surface area contributed by atoms with Crippen LogP contribution in [-0.2, 0) is 0 Å². The largest absolute Gasteiger partial charge is 0.458 e. The van der Waals surface area contributed by atoms with Gasteiger partial charge in [-0.1, -0.05) is 194 Å². The van der Waals surface area contributed by atoms with Gasteiger partial charge in [-0.15, -0.1) is 22.7 Å². The van der Waals surface area contributed by atoms with Gasteiger partial charge in [-0.2, -0.15) is 0 Å². The van der Waals surface area contributed by atoms with Gasteiger partial charge in [0.1, 0.15) is 11.5 Å². The van der Waals surface area contributed by atoms with Crippen molar-refractivity contribution >= 4 is 230 Å². The molecule has 6 aliphatic heterocycles. The van der Waals surface area contributed by atoms with Crippen LogP contribution in [0.4, 0.5) is 119 Å². The van der Waals surface area contributed by atoms with E-state index in [-0.39, 0.29) is 20.1 Å². The molecule has 522 valence electrons. The summed E-state index contributed by atoms with van der Waals surface area (Å²) in [5.74, 6) is 1.68. The smallest absolute Gasteiger partial charge is 0.264 e. The van der Waals surface area contributed by atoms with Gasteiger partial charge < -0.3 is 43.9 Å². The van der Waals surface area contributed by atoms with Crippen LogP contribution in [0.25, 0.3) is 20.2 Å². The number of nitrogens with zero attached hydrogens (tertiary/aromatic N) is 8. The van der Waals surface area contributed by atoms with Crippen LogP contribution in [0.1, 0.15) is 0 Å². The lowest BCUT2D eigenvalue weighted by molar-refractivity contribution is 0.488. The van der Waals surface area contributed by atoms with Gasteiger partial charge >= 0.3 is 0 Å². The standard InChI is InChI=1S/C97H67B3N8OS2/c1-101-80-60-79-75(58-76(80)99-91-82(101)52-70(104(62-32-12-4-13-33-62)63-34-14-5-15-35-63)55-85(91)107(68-44-24-10-25-45-68)94-73-48-28-30-50-89(73)110-96(94)99)98-78-59-77-81(61-87(78)109-88-57-72(54-84(93(88)98)102(79)2)106(66-40-20-8-21-41-66)67-42-22-9-23-43-67)103(3)83-53-71(105(64-36-16-6-17-37-64)65-38-18-7-19-39-65)56-86-92(83)100(77)97-95(74-49-29-31-51-90(74)111-97)108(86)69-46-26-11-27-47-69/h4-61H,1-3H3. The summed E-state index contributed by atoms with van der Waals surface area (Å²) in [5.41, 5.74) is 32.0. The molecule has 9 nitrogen and oxygen atoms in total. The van der Waals surface area contributed by atoms with Crippen molar-refractivity contribution in [2.45, 2.75) is 0 Å². The lowest BCUT2D eigenvalue weighted by Crippen LogP contribution is -2.65. The SMILES string of the molecule is CN1c2cc3c(cc2B2c4cc5c(cc4Oc4cc(N(c6ccccc6)c6ccccc6)cc1c42)N(C)c1cc(N(c2ccccc2)c2ccccc2)cc2c1B5c1sc4ccccc4c1N2c1ccccc1)B1c2sc4ccccc4c2N(c2ccccc2)c2cc(N(c4ccccc4)c4ccccc4)cc(c21)N3C. The Balaban J connectivity index is 0.788. The molecule has 111 heavy (non-hydrogen) atoms. The Hall–Kier alpha value is -13.4. The van der Waals surface area contributed by atoms with E-state index >= 15 is 0 Å². The van der Waals surface area contributed by atoms with Crippen molar-refractivity contribution in [2.75, 3.05) is 60.3 Å². The Kier molecular flexibility index (Phi) is 14.2. The molecule has 0 unspecified atom stereocenters. The zero-order valence-corrected chi connectivity index (χ0v) is 62.7. The second-order valence-electron chi connectivity index (χ2n) is 29.7. The maximum atomic E-state index is 7.89. The number of benzene rings is 15. The Morgan fingerprint density at radius 3 is 0.946 bits per heavy atom. The molecule has 14 heteroatoms. The van der Waals surface area contributed by atoms with Crippen molar-refractivity contribution in [1.29, 1.82) is 0 Å². The Bertz CT molecular complexity index is 6500. The van der Waals surface area contributed by atoms with Gasteiger partial charge in [-0.25, -0.2) is 0 Å². The Morgan fingerprint density at radius 1 is 0.252 bits per heavy atom. The summed E-state index contributed by atoms with van der Waals surface area (Å²) in [7, 11) is 6.87. The molecule has 0 saturated heterocycles. The fraction of sp³-hybridized carbons (Fsp3) is 0.0309. The van der Waals surface area contributed by atoms with Crippen LogP contribution >= 0.6 is 22.7 Å². The molecule has 0 amide bonds. The lowest BCUT2D eigenvalue weighted by atomic mass is 9.30. The summed E-state index contributed by atoms with van der Waals surface area (Å²) < 4.78 is 13.1. The third-order valence-corrected chi connectivity index (χ3v) is 26.2. The molecular formula is C97H67B3N8OS2. The van der Waals surface area contributed by atoms with Crippen molar-refractivity contribution in [3.8, 4) is 11.5 Å². The minimum absolute atomic E-state index is 0.147. The highest BCUT2D eigenvalue weighted by atomic mass is 32.1. The highest BCUT2D eigenvalue weighted by molar-refractivity contribution is 7.34. The van der Waals surface area contributed by atoms with Gasteiger partial charge in [0, 0.05) is 154 Å². The predicted octanol–water partition coefficient (Wildman–Crippen LogP) is 20.0. The van der Waals surface area contributed by atoms with Crippen molar-refractivity contribution in [3.63, 3.8) is 0 Å². The van der Waals surface area contributed by atoms with Crippen LogP contribution in [0.15, 0.2) is 352 Å². The minimum atomic E-state index is -0.272. The number of hydrogen-bond donors (Lipinski definition) is 0. The molecule has 0 radical (unpaired) electrons. The predicted molar refractivity (Wildman–Crippen MR) is 475 cm³/mol. The van der Waals surface area contributed by atoms with E-state index in [1.165, 1.54) is 74.1 Å². The van der Waals surface area contributed by atoms with Crippen LogP contribution in [0.2, 0.25) is 0 Å². The van der Waals surface area contributed by atoms with Crippen molar-refractivity contribution in [2.24, 2.45) is 0 Å². The summed E-state index contributed by atoms with van der Waals surface area (Å²) in [5, 5.41) is 2.48. The maximum Gasteiger partial charge on any atom is 0.264 e. The first-order valence-electron chi connectivity index (χ1n) is 38.1. The van der Waals surface area contributed by atoms with Crippen LogP contribution in [0, 0.1) is 0 Å². The number of hydrogen-bond acceptors (Lipinski definition) is 11. The molecule has 15 aromatic carbocycles. The number of ether oxygens (including phenoxy) is 1.